The molecule has 0 atom stereocenters. The summed E-state index contributed by atoms with van der Waals surface area (Å²) < 4.78 is 8.45. The highest BCUT2D eigenvalue weighted by atomic mass is 32.1. The average molecular weight is 542 g/mol. The molecule has 0 aliphatic carbocycles. The van der Waals surface area contributed by atoms with Gasteiger partial charge in [0.15, 0.2) is 11.6 Å². The summed E-state index contributed by atoms with van der Waals surface area (Å²) in [6, 6.07) is 33.3. The third-order valence-corrected chi connectivity index (χ3v) is 8.61. The second-order valence-electron chi connectivity index (χ2n) is 10.9. The number of hydrogen-bond acceptors (Lipinski definition) is 6. The zero-order chi connectivity index (χ0) is 27.9. The Labute approximate surface area is 238 Å². The van der Waals surface area contributed by atoms with E-state index < -0.39 is 11.2 Å². The number of rotatable bonds is 7. The van der Waals surface area contributed by atoms with Crippen LogP contribution in [-0.4, -0.2) is 38.7 Å². The van der Waals surface area contributed by atoms with Crippen molar-refractivity contribution in [3.63, 3.8) is 0 Å². The van der Waals surface area contributed by atoms with Gasteiger partial charge in [0.2, 0.25) is 0 Å². The molecule has 2 aromatic heterocycles. The molecule has 0 aliphatic rings. The van der Waals surface area contributed by atoms with E-state index in [1.807, 2.05) is 44.2 Å². The van der Waals surface area contributed by atoms with Crippen molar-refractivity contribution in [2.75, 3.05) is 0 Å². The van der Waals surface area contributed by atoms with Crippen LogP contribution in [0.5, 0.6) is 0 Å². The van der Waals surface area contributed by atoms with Crippen LogP contribution in [0.4, 0.5) is 0 Å². The molecule has 2 heterocycles. The number of thiophene rings is 1. The maximum absolute atomic E-state index is 10.6. The van der Waals surface area contributed by atoms with Crippen LogP contribution in [0.1, 0.15) is 27.7 Å². The predicted molar refractivity (Wildman–Crippen MR) is 166 cm³/mol. The normalized spacial score (nSPS) is 12.2. The average Bonchev–Trinajstić information content (AvgIpc) is 3.34. The molecule has 6 aromatic rings. The lowest BCUT2D eigenvalue weighted by molar-refractivity contribution is -0.0894. The lowest BCUT2D eigenvalue weighted by atomic mass is 9.86. The van der Waals surface area contributed by atoms with Gasteiger partial charge < -0.3 is 9.76 Å². The fourth-order valence-corrected chi connectivity index (χ4v) is 5.50. The first-order valence-corrected chi connectivity index (χ1v) is 14.1. The number of aliphatic hydroxyl groups is 1. The van der Waals surface area contributed by atoms with Gasteiger partial charge in [-0.3, -0.25) is 0 Å². The van der Waals surface area contributed by atoms with Crippen molar-refractivity contribution in [1.82, 2.24) is 15.0 Å². The quantitative estimate of drug-likeness (QED) is 0.219. The van der Waals surface area contributed by atoms with Crippen molar-refractivity contribution in [1.29, 1.82) is 0 Å². The first-order chi connectivity index (χ1) is 19.2. The first-order valence-electron chi connectivity index (χ1n) is 13.2. The zero-order valence-corrected chi connectivity index (χ0v) is 23.7. The Kier molecular flexibility index (Phi) is 6.74. The van der Waals surface area contributed by atoms with Gasteiger partial charge in [-0.15, -0.1) is 11.3 Å². The fourth-order valence-electron chi connectivity index (χ4n) is 4.35. The van der Waals surface area contributed by atoms with Gasteiger partial charge in [0, 0.05) is 31.3 Å². The van der Waals surface area contributed by atoms with Crippen LogP contribution >= 0.6 is 11.3 Å². The van der Waals surface area contributed by atoms with E-state index in [1.165, 1.54) is 27.7 Å². The highest BCUT2D eigenvalue weighted by Gasteiger charge is 2.36. The Morgan fingerprint density at radius 2 is 1.20 bits per heavy atom. The SMILES string of the molecule is CC(C)(O)C(C)(C)O[B]c1nc(-c2ccc(-c3ccccc3)cc2)nc(-c2ccc3c(c2)sc2ccccc23)n1. The Balaban J connectivity index is 1.41. The monoisotopic (exact) mass is 542 g/mol. The van der Waals surface area contributed by atoms with Crippen LogP contribution in [0.2, 0.25) is 0 Å². The summed E-state index contributed by atoms with van der Waals surface area (Å²) in [5, 5.41) is 13.0. The van der Waals surface area contributed by atoms with E-state index in [1.54, 1.807) is 25.2 Å². The van der Waals surface area contributed by atoms with Crippen molar-refractivity contribution < 1.29 is 9.76 Å². The minimum Gasteiger partial charge on any atom is -0.424 e. The summed E-state index contributed by atoms with van der Waals surface area (Å²) in [4.78, 5) is 14.4. The van der Waals surface area contributed by atoms with E-state index in [2.05, 4.69) is 66.7 Å². The highest BCUT2D eigenvalue weighted by Crippen LogP contribution is 2.36. The summed E-state index contributed by atoms with van der Waals surface area (Å²) in [5.74, 6) is 1.12. The molecular formula is C33H29BN3O2S. The van der Waals surface area contributed by atoms with Gasteiger partial charge in [-0.05, 0) is 51.0 Å². The van der Waals surface area contributed by atoms with E-state index in [0.717, 1.165) is 22.3 Å². The Morgan fingerprint density at radius 1 is 0.625 bits per heavy atom. The predicted octanol–water partition coefficient (Wildman–Crippen LogP) is 7.05. The summed E-state index contributed by atoms with van der Waals surface area (Å²) in [5.41, 5.74) is 2.52. The lowest BCUT2D eigenvalue weighted by Gasteiger charge is -2.37. The minimum atomic E-state index is -1.07. The van der Waals surface area contributed by atoms with E-state index >= 15 is 0 Å². The summed E-state index contributed by atoms with van der Waals surface area (Å²) in [7, 11) is 1.52. The molecule has 6 rings (SSSR count). The molecule has 40 heavy (non-hydrogen) atoms. The molecule has 4 aromatic carbocycles. The van der Waals surface area contributed by atoms with Crippen LogP contribution in [0.15, 0.2) is 97.1 Å². The van der Waals surface area contributed by atoms with Gasteiger partial charge in [-0.25, -0.2) is 15.0 Å². The highest BCUT2D eigenvalue weighted by molar-refractivity contribution is 7.25. The van der Waals surface area contributed by atoms with Crippen molar-refractivity contribution >= 4 is 44.7 Å². The van der Waals surface area contributed by atoms with Gasteiger partial charge >= 0.3 is 7.48 Å². The maximum atomic E-state index is 10.6. The number of nitrogens with zero attached hydrogens (tertiary/aromatic N) is 3. The van der Waals surface area contributed by atoms with Crippen LogP contribution in [0, 0.1) is 0 Å². The van der Waals surface area contributed by atoms with Crippen LogP contribution < -0.4 is 5.72 Å². The van der Waals surface area contributed by atoms with Crippen LogP contribution in [0.25, 0.3) is 54.1 Å². The third-order valence-electron chi connectivity index (χ3n) is 7.47. The maximum Gasteiger partial charge on any atom is 0.379 e. The Bertz CT molecular complexity index is 1810. The molecule has 0 unspecified atom stereocenters. The van der Waals surface area contributed by atoms with Crippen molar-refractivity contribution in [3.05, 3.63) is 97.1 Å². The minimum absolute atomic E-state index is 0.390. The van der Waals surface area contributed by atoms with E-state index in [4.69, 9.17) is 19.6 Å². The largest absolute Gasteiger partial charge is 0.424 e. The molecule has 0 spiro atoms. The molecule has 1 N–H and O–H groups in total. The van der Waals surface area contributed by atoms with Crippen molar-refractivity contribution in [3.8, 4) is 33.9 Å². The molecular weight excluding hydrogens is 513 g/mol. The van der Waals surface area contributed by atoms with E-state index in [-0.39, 0.29) is 0 Å². The van der Waals surface area contributed by atoms with Gasteiger partial charge in [0.1, 0.15) is 5.72 Å². The number of benzene rings is 4. The Morgan fingerprint density at radius 3 is 1.93 bits per heavy atom. The van der Waals surface area contributed by atoms with Crippen LogP contribution in [-0.2, 0) is 4.65 Å². The molecule has 0 saturated heterocycles. The van der Waals surface area contributed by atoms with Gasteiger partial charge in [-0.1, -0.05) is 84.9 Å². The fraction of sp³-hybridized carbons (Fsp3) is 0.182. The molecule has 0 saturated carbocycles. The lowest BCUT2D eigenvalue weighted by Crippen LogP contribution is -2.49. The third kappa shape index (κ3) is 5.16. The second-order valence-corrected chi connectivity index (χ2v) is 12.0. The van der Waals surface area contributed by atoms with Crippen molar-refractivity contribution in [2.45, 2.75) is 38.9 Å². The second kappa shape index (κ2) is 10.2. The molecule has 0 fully saturated rings. The number of fused-ring (bicyclic) bond motifs is 3. The summed E-state index contributed by atoms with van der Waals surface area (Å²) >= 11 is 1.76. The summed E-state index contributed by atoms with van der Waals surface area (Å²) in [6.07, 6.45) is 0. The topological polar surface area (TPSA) is 68.1 Å². The number of aromatic nitrogens is 3. The number of hydrogen-bond donors (Lipinski definition) is 1. The first kappa shape index (κ1) is 26.3. The van der Waals surface area contributed by atoms with Gasteiger partial charge in [0.25, 0.3) is 0 Å². The Hall–Kier alpha value is -3.91. The zero-order valence-electron chi connectivity index (χ0n) is 22.9. The van der Waals surface area contributed by atoms with Crippen molar-refractivity contribution in [2.24, 2.45) is 0 Å². The standard InChI is InChI=1S/C33H29BN3O2S/c1-32(2,38)33(3,4)39-34-31-36-29(23-16-14-22(15-17-23)21-10-6-5-7-11-21)35-30(37-31)24-18-19-26-25-12-8-9-13-27(25)40-28(26)20-24/h5-20,38H,1-4H3. The molecule has 0 amide bonds. The van der Waals surface area contributed by atoms with Gasteiger partial charge in [-0.2, -0.15) is 0 Å². The summed E-state index contributed by atoms with van der Waals surface area (Å²) in [6.45, 7) is 7.12. The molecule has 7 heteroatoms. The van der Waals surface area contributed by atoms with Crippen LogP contribution in [0.3, 0.4) is 0 Å². The molecule has 0 aliphatic heterocycles. The van der Waals surface area contributed by atoms with E-state index in [9.17, 15) is 5.11 Å². The molecule has 0 bridgehead atoms. The van der Waals surface area contributed by atoms with Gasteiger partial charge in [0.05, 0.1) is 11.2 Å². The molecule has 197 valence electrons. The molecule has 1 radical (unpaired) electrons. The van der Waals surface area contributed by atoms with E-state index in [0.29, 0.717) is 17.4 Å². The smallest absolute Gasteiger partial charge is 0.379 e. The molecule has 5 nitrogen and oxygen atoms in total.